The first kappa shape index (κ1) is 15.5. The van der Waals surface area contributed by atoms with Gasteiger partial charge in [0.2, 0.25) is 5.91 Å². The number of carbonyl (C=O) groups is 2. The summed E-state index contributed by atoms with van der Waals surface area (Å²) in [7, 11) is 0. The molecule has 1 rings (SSSR count). The molecule has 0 spiro atoms. The van der Waals surface area contributed by atoms with Gasteiger partial charge >= 0.3 is 0 Å². The summed E-state index contributed by atoms with van der Waals surface area (Å²) in [5.41, 5.74) is 10.9. The summed E-state index contributed by atoms with van der Waals surface area (Å²) in [6.45, 7) is 1.93. The van der Waals surface area contributed by atoms with Gasteiger partial charge in [-0.15, -0.1) is 0 Å². The molecule has 19 heavy (non-hydrogen) atoms. The maximum Gasteiger partial charge on any atom is 0.269 e. The Bertz CT molecular complexity index is 410. The molecule has 1 aromatic rings. The lowest BCUT2D eigenvalue weighted by Gasteiger charge is -2.07. The quantitative estimate of drug-likeness (QED) is 0.535. The standard InChI is InChI=1S/C13H19N3O2S/c1-10(14)7-8-19-9-12(17)15-16-13(18)11-5-3-2-4-6-11/h2-6,10H,7-9,14H2,1H3,(H,15,17)(H,16,18). The molecule has 4 N–H and O–H groups in total. The first-order valence-corrected chi connectivity index (χ1v) is 7.22. The monoisotopic (exact) mass is 281 g/mol. The van der Waals surface area contributed by atoms with Gasteiger partial charge in [0.25, 0.3) is 5.91 Å². The number of hydrazine groups is 1. The number of nitrogens with two attached hydrogens (primary N) is 1. The molecule has 0 saturated carbocycles. The highest BCUT2D eigenvalue weighted by molar-refractivity contribution is 7.99. The lowest BCUT2D eigenvalue weighted by atomic mass is 10.2. The third-order valence-electron chi connectivity index (χ3n) is 2.30. The van der Waals surface area contributed by atoms with Crippen molar-refractivity contribution in [2.24, 2.45) is 5.73 Å². The van der Waals surface area contributed by atoms with Gasteiger partial charge in [0.1, 0.15) is 0 Å². The Balaban J connectivity index is 2.18. The van der Waals surface area contributed by atoms with Gasteiger partial charge in [-0.1, -0.05) is 18.2 Å². The van der Waals surface area contributed by atoms with Gasteiger partial charge in [-0.25, -0.2) is 0 Å². The highest BCUT2D eigenvalue weighted by atomic mass is 32.2. The third kappa shape index (κ3) is 6.83. The van der Waals surface area contributed by atoms with Gasteiger partial charge in [-0.05, 0) is 31.2 Å². The molecule has 0 bridgehead atoms. The van der Waals surface area contributed by atoms with E-state index in [4.69, 9.17) is 5.73 Å². The molecule has 1 unspecified atom stereocenters. The van der Waals surface area contributed by atoms with Gasteiger partial charge in [0.05, 0.1) is 5.75 Å². The van der Waals surface area contributed by atoms with Crippen LogP contribution in [0, 0.1) is 0 Å². The summed E-state index contributed by atoms with van der Waals surface area (Å²) in [5.74, 6) is 0.591. The van der Waals surface area contributed by atoms with E-state index in [0.29, 0.717) is 11.3 Å². The minimum absolute atomic E-state index is 0.147. The van der Waals surface area contributed by atoms with Gasteiger partial charge in [-0.3, -0.25) is 20.4 Å². The Morgan fingerprint density at radius 1 is 1.26 bits per heavy atom. The van der Waals surface area contributed by atoms with Crippen molar-refractivity contribution in [3.05, 3.63) is 35.9 Å². The van der Waals surface area contributed by atoms with Crippen LogP contribution in [-0.4, -0.2) is 29.4 Å². The van der Waals surface area contributed by atoms with Crippen LogP contribution < -0.4 is 16.6 Å². The van der Waals surface area contributed by atoms with Crippen molar-refractivity contribution < 1.29 is 9.59 Å². The number of amides is 2. The molecule has 6 heteroatoms. The van der Waals surface area contributed by atoms with Crippen molar-refractivity contribution in [3.63, 3.8) is 0 Å². The summed E-state index contributed by atoms with van der Waals surface area (Å²) in [6, 6.07) is 8.86. The molecule has 1 aromatic carbocycles. The van der Waals surface area contributed by atoms with Crippen LogP contribution in [0.15, 0.2) is 30.3 Å². The minimum atomic E-state index is -0.325. The van der Waals surface area contributed by atoms with Crippen LogP contribution >= 0.6 is 11.8 Å². The average molecular weight is 281 g/mol. The highest BCUT2D eigenvalue weighted by Crippen LogP contribution is 2.03. The van der Waals surface area contributed by atoms with E-state index in [-0.39, 0.29) is 17.9 Å². The molecule has 0 fully saturated rings. The molecule has 5 nitrogen and oxygen atoms in total. The fourth-order valence-electron chi connectivity index (χ4n) is 1.26. The second kappa shape index (κ2) is 8.55. The number of thioether (sulfide) groups is 1. The zero-order valence-corrected chi connectivity index (χ0v) is 11.7. The molecule has 0 saturated heterocycles. The van der Waals surface area contributed by atoms with E-state index in [9.17, 15) is 9.59 Å². The topological polar surface area (TPSA) is 84.2 Å². The van der Waals surface area contributed by atoms with Crippen LogP contribution in [0.25, 0.3) is 0 Å². The predicted molar refractivity (Wildman–Crippen MR) is 77.6 cm³/mol. The number of nitrogens with one attached hydrogen (secondary N) is 2. The van der Waals surface area contributed by atoms with Gasteiger partial charge in [0.15, 0.2) is 0 Å². The van der Waals surface area contributed by atoms with E-state index >= 15 is 0 Å². The van der Waals surface area contributed by atoms with Crippen molar-refractivity contribution >= 4 is 23.6 Å². The minimum Gasteiger partial charge on any atom is -0.328 e. The second-order valence-corrected chi connectivity index (χ2v) is 5.29. The maximum absolute atomic E-state index is 11.6. The average Bonchev–Trinajstić information content (AvgIpc) is 2.41. The Morgan fingerprint density at radius 3 is 2.58 bits per heavy atom. The fourth-order valence-corrected chi connectivity index (χ4v) is 2.20. The van der Waals surface area contributed by atoms with Gasteiger partial charge < -0.3 is 5.73 Å². The Labute approximate surface area is 117 Å². The van der Waals surface area contributed by atoms with E-state index in [1.54, 1.807) is 24.3 Å². The zero-order valence-electron chi connectivity index (χ0n) is 10.9. The molecule has 0 heterocycles. The van der Waals surface area contributed by atoms with Gasteiger partial charge in [-0.2, -0.15) is 11.8 Å². The molecular formula is C13H19N3O2S. The van der Waals surface area contributed by atoms with Gasteiger partial charge in [0, 0.05) is 11.6 Å². The summed E-state index contributed by atoms with van der Waals surface area (Å²) < 4.78 is 0. The van der Waals surface area contributed by atoms with E-state index in [0.717, 1.165) is 12.2 Å². The first-order chi connectivity index (χ1) is 9.09. The van der Waals surface area contributed by atoms with Crippen LogP contribution in [0.5, 0.6) is 0 Å². The Hall–Kier alpha value is -1.53. The van der Waals surface area contributed by atoms with Crippen LogP contribution in [0.3, 0.4) is 0 Å². The Kier molecular flexibility index (Phi) is 6.99. The van der Waals surface area contributed by atoms with Crippen LogP contribution in [0.4, 0.5) is 0 Å². The summed E-state index contributed by atoms with van der Waals surface area (Å²) in [6.07, 6.45) is 0.869. The normalized spacial score (nSPS) is 11.7. The number of benzene rings is 1. The smallest absolute Gasteiger partial charge is 0.269 e. The molecule has 104 valence electrons. The third-order valence-corrected chi connectivity index (χ3v) is 3.29. The van der Waals surface area contributed by atoms with Crippen LogP contribution in [0.2, 0.25) is 0 Å². The van der Waals surface area contributed by atoms with Crippen molar-refractivity contribution in [2.75, 3.05) is 11.5 Å². The van der Waals surface area contributed by atoms with Crippen LogP contribution in [0.1, 0.15) is 23.7 Å². The molecular weight excluding hydrogens is 262 g/mol. The fraction of sp³-hybridized carbons (Fsp3) is 0.385. The number of rotatable bonds is 6. The molecule has 0 aromatic heterocycles. The van der Waals surface area contributed by atoms with Crippen molar-refractivity contribution in [1.82, 2.24) is 10.9 Å². The Morgan fingerprint density at radius 2 is 1.95 bits per heavy atom. The molecule has 0 aliphatic carbocycles. The van der Waals surface area contributed by atoms with E-state index in [1.807, 2.05) is 13.0 Å². The highest BCUT2D eigenvalue weighted by Gasteiger charge is 2.06. The predicted octanol–water partition coefficient (Wildman–Crippen LogP) is 0.918. The number of carbonyl (C=O) groups excluding carboxylic acids is 2. The maximum atomic E-state index is 11.6. The van der Waals surface area contributed by atoms with Crippen molar-refractivity contribution in [1.29, 1.82) is 0 Å². The first-order valence-electron chi connectivity index (χ1n) is 6.07. The largest absolute Gasteiger partial charge is 0.328 e. The molecule has 2 amide bonds. The van der Waals surface area contributed by atoms with Crippen LogP contribution in [-0.2, 0) is 4.79 Å². The molecule has 1 atom stereocenters. The molecule has 0 radical (unpaired) electrons. The van der Waals surface area contributed by atoms with E-state index in [1.165, 1.54) is 11.8 Å². The van der Waals surface area contributed by atoms with E-state index < -0.39 is 0 Å². The van der Waals surface area contributed by atoms with Crippen molar-refractivity contribution in [2.45, 2.75) is 19.4 Å². The van der Waals surface area contributed by atoms with E-state index in [2.05, 4.69) is 10.9 Å². The SMILES string of the molecule is CC(N)CCSCC(=O)NNC(=O)c1ccccc1. The summed E-state index contributed by atoms with van der Waals surface area (Å²) >= 11 is 1.49. The number of hydrogen-bond acceptors (Lipinski definition) is 4. The van der Waals surface area contributed by atoms with Crippen molar-refractivity contribution in [3.8, 4) is 0 Å². The zero-order chi connectivity index (χ0) is 14.1. The molecule has 0 aliphatic rings. The number of hydrogen-bond donors (Lipinski definition) is 3. The lowest BCUT2D eigenvalue weighted by molar-refractivity contribution is -0.119. The summed E-state index contributed by atoms with van der Waals surface area (Å²) in [4.78, 5) is 23.1. The molecule has 0 aliphatic heterocycles. The lowest BCUT2D eigenvalue weighted by Crippen LogP contribution is -2.42. The second-order valence-electron chi connectivity index (χ2n) is 4.19. The summed E-state index contributed by atoms with van der Waals surface area (Å²) in [5, 5.41) is 0.